The minimum atomic E-state index is 0.0870. The minimum absolute atomic E-state index is 0.0870. The lowest BCUT2D eigenvalue weighted by Gasteiger charge is -2.36. The normalized spacial score (nSPS) is 18.6. The van der Waals surface area contributed by atoms with E-state index < -0.39 is 0 Å². The molecule has 0 N–H and O–H groups in total. The van der Waals surface area contributed by atoms with Gasteiger partial charge in [0.1, 0.15) is 0 Å². The quantitative estimate of drug-likeness (QED) is 0.673. The maximum atomic E-state index is 12.8. The molecule has 1 aromatic carbocycles. The van der Waals surface area contributed by atoms with Crippen molar-refractivity contribution in [2.45, 2.75) is 19.3 Å². The van der Waals surface area contributed by atoms with Crippen molar-refractivity contribution < 1.29 is 9.59 Å². The summed E-state index contributed by atoms with van der Waals surface area (Å²) in [6, 6.07) is 9.73. The van der Waals surface area contributed by atoms with Crippen LogP contribution in [-0.2, 0) is 9.59 Å². The largest absolute Gasteiger partial charge is 0.342 e. The SMILES string of the molecule is C=CCN(C(=O)CN1CCN(CC(=O)N2CCCCC2)CC1)c1ccccc1. The second kappa shape index (κ2) is 10.4. The van der Waals surface area contributed by atoms with E-state index in [0.717, 1.165) is 57.8 Å². The summed E-state index contributed by atoms with van der Waals surface area (Å²) in [4.78, 5) is 33.5. The van der Waals surface area contributed by atoms with Crippen LogP contribution in [0.5, 0.6) is 0 Å². The van der Waals surface area contributed by atoms with Crippen LogP contribution in [0.3, 0.4) is 0 Å². The molecule has 0 aliphatic carbocycles. The Morgan fingerprint density at radius 3 is 2.11 bits per heavy atom. The van der Waals surface area contributed by atoms with Gasteiger partial charge >= 0.3 is 0 Å². The van der Waals surface area contributed by atoms with E-state index in [1.807, 2.05) is 35.2 Å². The lowest BCUT2D eigenvalue weighted by molar-refractivity contribution is -0.134. The van der Waals surface area contributed by atoms with Gasteiger partial charge in [-0.05, 0) is 31.4 Å². The number of piperidine rings is 1. The van der Waals surface area contributed by atoms with Gasteiger partial charge in [0.25, 0.3) is 0 Å². The van der Waals surface area contributed by atoms with Crippen molar-refractivity contribution in [1.29, 1.82) is 0 Å². The minimum Gasteiger partial charge on any atom is -0.342 e. The molecule has 3 rings (SSSR count). The van der Waals surface area contributed by atoms with E-state index in [1.165, 1.54) is 6.42 Å². The number of carbonyl (C=O) groups is 2. The number of hydrogen-bond donors (Lipinski definition) is 0. The summed E-state index contributed by atoms with van der Waals surface area (Å²) in [5.41, 5.74) is 0.901. The predicted molar refractivity (Wildman–Crippen MR) is 112 cm³/mol. The topological polar surface area (TPSA) is 47.1 Å². The summed E-state index contributed by atoms with van der Waals surface area (Å²) < 4.78 is 0. The van der Waals surface area contributed by atoms with E-state index in [-0.39, 0.29) is 11.8 Å². The Morgan fingerprint density at radius 2 is 1.50 bits per heavy atom. The van der Waals surface area contributed by atoms with Crippen LogP contribution in [0.1, 0.15) is 19.3 Å². The highest BCUT2D eigenvalue weighted by Crippen LogP contribution is 2.15. The van der Waals surface area contributed by atoms with Crippen LogP contribution in [0.15, 0.2) is 43.0 Å². The number of benzene rings is 1. The molecule has 2 amide bonds. The highest BCUT2D eigenvalue weighted by molar-refractivity contribution is 5.95. The van der Waals surface area contributed by atoms with Crippen LogP contribution in [0.2, 0.25) is 0 Å². The molecule has 152 valence electrons. The molecule has 28 heavy (non-hydrogen) atoms. The van der Waals surface area contributed by atoms with Gasteiger partial charge in [-0.15, -0.1) is 6.58 Å². The molecule has 2 saturated heterocycles. The summed E-state index contributed by atoms with van der Waals surface area (Å²) in [7, 11) is 0. The molecule has 0 saturated carbocycles. The summed E-state index contributed by atoms with van der Waals surface area (Å²) in [6.07, 6.45) is 5.26. The Balaban J connectivity index is 1.45. The number of rotatable bonds is 7. The lowest BCUT2D eigenvalue weighted by Crippen LogP contribution is -2.52. The third kappa shape index (κ3) is 5.66. The van der Waals surface area contributed by atoms with E-state index in [2.05, 4.69) is 16.4 Å². The number of nitrogens with zero attached hydrogens (tertiary/aromatic N) is 4. The van der Waals surface area contributed by atoms with Gasteiger partial charge in [-0.25, -0.2) is 0 Å². The first-order chi connectivity index (χ1) is 13.7. The zero-order chi connectivity index (χ0) is 19.8. The smallest absolute Gasteiger partial charge is 0.241 e. The first kappa shape index (κ1) is 20.6. The molecule has 0 unspecified atom stereocenters. The van der Waals surface area contributed by atoms with Gasteiger partial charge in [0.05, 0.1) is 13.1 Å². The van der Waals surface area contributed by atoms with Crippen molar-refractivity contribution in [3.8, 4) is 0 Å². The summed E-state index contributed by atoms with van der Waals surface area (Å²) in [6.45, 7) is 10.3. The summed E-state index contributed by atoms with van der Waals surface area (Å²) >= 11 is 0. The molecule has 1 aromatic rings. The van der Waals surface area contributed by atoms with E-state index in [1.54, 1.807) is 11.0 Å². The van der Waals surface area contributed by atoms with Crippen LogP contribution in [0, 0.1) is 0 Å². The van der Waals surface area contributed by atoms with E-state index in [0.29, 0.717) is 19.6 Å². The molecule has 2 aliphatic rings. The molecular weight excluding hydrogens is 352 g/mol. The number of para-hydroxylation sites is 1. The van der Waals surface area contributed by atoms with E-state index >= 15 is 0 Å². The van der Waals surface area contributed by atoms with Gasteiger partial charge in [0.15, 0.2) is 0 Å². The highest BCUT2D eigenvalue weighted by Gasteiger charge is 2.25. The van der Waals surface area contributed by atoms with Crippen molar-refractivity contribution in [2.24, 2.45) is 0 Å². The third-order valence-electron chi connectivity index (χ3n) is 5.57. The lowest BCUT2D eigenvalue weighted by atomic mass is 10.1. The monoisotopic (exact) mass is 384 g/mol. The Morgan fingerprint density at radius 1 is 0.893 bits per heavy atom. The molecule has 0 radical (unpaired) electrons. The molecule has 2 fully saturated rings. The van der Waals surface area contributed by atoms with Crippen LogP contribution in [0.4, 0.5) is 5.69 Å². The van der Waals surface area contributed by atoms with Crippen LogP contribution in [0.25, 0.3) is 0 Å². The summed E-state index contributed by atoms with van der Waals surface area (Å²) in [5.74, 6) is 0.342. The molecule has 6 nitrogen and oxygen atoms in total. The standard InChI is InChI=1S/C22H32N4O2/c1-2-11-26(20-9-5-3-6-10-20)22(28)19-24-16-14-23(15-17-24)18-21(27)25-12-7-4-8-13-25/h2-3,5-6,9-10H,1,4,7-8,11-19H2. The van der Waals surface area contributed by atoms with Crippen LogP contribution in [-0.4, -0.2) is 85.4 Å². The number of piperazine rings is 1. The highest BCUT2D eigenvalue weighted by atomic mass is 16.2. The third-order valence-corrected chi connectivity index (χ3v) is 5.57. The maximum Gasteiger partial charge on any atom is 0.241 e. The zero-order valence-corrected chi connectivity index (χ0v) is 16.8. The fraction of sp³-hybridized carbons (Fsp3) is 0.545. The molecule has 2 aliphatic heterocycles. The van der Waals surface area contributed by atoms with Crippen molar-refractivity contribution >= 4 is 17.5 Å². The Kier molecular flexibility index (Phi) is 7.62. The predicted octanol–water partition coefficient (Wildman–Crippen LogP) is 1.84. The molecule has 2 heterocycles. The Labute approximate surface area is 168 Å². The number of likely N-dealkylation sites (tertiary alicyclic amines) is 1. The first-order valence-corrected chi connectivity index (χ1v) is 10.4. The summed E-state index contributed by atoms with van der Waals surface area (Å²) in [5, 5.41) is 0. The maximum absolute atomic E-state index is 12.8. The van der Waals surface area contributed by atoms with Gasteiger partial charge in [-0.3, -0.25) is 19.4 Å². The van der Waals surface area contributed by atoms with Crippen LogP contribution < -0.4 is 4.90 Å². The average Bonchev–Trinajstić information content (AvgIpc) is 2.74. The fourth-order valence-corrected chi connectivity index (χ4v) is 3.91. The van der Waals surface area contributed by atoms with E-state index in [9.17, 15) is 9.59 Å². The number of hydrogen-bond acceptors (Lipinski definition) is 4. The Bertz CT molecular complexity index is 650. The number of carbonyl (C=O) groups excluding carboxylic acids is 2. The van der Waals surface area contributed by atoms with Crippen molar-refractivity contribution in [1.82, 2.24) is 14.7 Å². The van der Waals surface area contributed by atoms with Gasteiger partial charge < -0.3 is 9.80 Å². The van der Waals surface area contributed by atoms with Gasteiger partial charge in [-0.1, -0.05) is 24.3 Å². The van der Waals surface area contributed by atoms with Crippen LogP contribution >= 0.6 is 0 Å². The van der Waals surface area contributed by atoms with Gasteiger partial charge in [0, 0.05) is 51.5 Å². The fourth-order valence-electron chi connectivity index (χ4n) is 3.91. The Hall–Kier alpha value is -2.18. The molecule has 0 aromatic heterocycles. The molecule has 0 bridgehead atoms. The zero-order valence-electron chi connectivity index (χ0n) is 16.8. The molecule has 0 spiro atoms. The molecule has 0 atom stereocenters. The van der Waals surface area contributed by atoms with Gasteiger partial charge in [-0.2, -0.15) is 0 Å². The molecular formula is C22H32N4O2. The van der Waals surface area contributed by atoms with Crippen molar-refractivity contribution in [3.05, 3.63) is 43.0 Å². The van der Waals surface area contributed by atoms with Crippen molar-refractivity contribution in [3.63, 3.8) is 0 Å². The number of amides is 2. The average molecular weight is 385 g/mol. The number of anilines is 1. The van der Waals surface area contributed by atoms with E-state index in [4.69, 9.17) is 0 Å². The second-order valence-electron chi connectivity index (χ2n) is 7.62. The van der Waals surface area contributed by atoms with Crippen molar-refractivity contribution in [2.75, 3.05) is 63.8 Å². The molecule has 6 heteroatoms. The first-order valence-electron chi connectivity index (χ1n) is 10.4. The second-order valence-corrected chi connectivity index (χ2v) is 7.62. The van der Waals surface area contributed by atoms with Gasteiger partial charge in [0.2, 0.25) is 11.8 Å².